The van der Waals surface area contributed by atoms with Gasteiger partial charge in [0.2, 0.25) is 0 Å². The molecule has 0 radical (unpaired) electrons. The molecule has 0 bridgehead atoms. The molecule has 1 atom stereocenters. The van der Waals surface area contributed by atoms with Crippen molar-refractivity contribution in [1.29, 1.82) is 5.26 Å². The number of nitrogens with one attached hydrogen (secondary N) is 1. The van der Waals surface area contributed by atoms with E-state index in [1.807, 2.05) is 23.9 Å². The molecule has 1 aliphatic heterocycles. The van der Waals surface area contributed by atoms with Gasteiger partial charge in [-0.2, -0.15) is 17.0 Å². The second-order valence-corrected chi connectivity index (χ2v) is 5.37. The van der Waals surface area contributed by atoms with Crippen molar-refractivity contribution in [2.24, 2.45) is 0 Å². The van der Waals surface area contributed by atoms with Gasteiger partial charge in [-0.3, -0.25) is 0 Å². The molecule has 1 aliphatic rings. The van der Waals surface area contributed by atoms with E-state index < -0.39 is 0 Å². The Labute approximate surface area is 101 Å². The monoisotopic (exact) mass is 232 g/mol. The van der Waals surface area contributed by atoms with Crippen LogP contribution in [-0.4, -0.2) is 17.5 Å². The van der Waals surface area contributed by atoms with Gasteiger partial charge in [-0.15, -0.1) is 0 Å². The van der Waals surface area contributed by atoms with Gasteiger partial charge in [0.05, 0.1) is 11.3 Å². The van der Waals surface area contributed by atoms with E-state index in [2.05, 4.69) is 24.4 Å². The number of thioether (sulfide) groups is 1. The molecule has 1 saturated heterocycles. The number of benzene rings is 1. The van der Waals surface area contributed by atoms with E-state index in [4.69, 9.17) is 5.26 Å². The zero-order valence-corrected chi connectivity index (χ0v) is 10.3. The number of rotatable bonds is 2. The summed E-state index contributed by atoms with van der Waals surface area (Å²) in [4.78, 5) is 0. The summed E-state index contributed by atoms with van der Waals surface area (Å²) in [5.74, 6) is 2.43. The number of anilines is 1. The average Bonchev–Trinajstić information content (AvgIpc) is 2.31. The highest BCUT2D eigenvalue weighted by atomic mass is 32.2. The lowest BCUT2D eigenvalue weighted by molar-refractivity contribution is 0.685. The standard InChI is InChI=1S/C13H16N2S/c1-10-4-5-11(8-14)13(7-10)15-12-3-2-6-16-9-12/h4-5,7,12,15H,2-3,6,9H2,1H3. The molecule has 1 aromatic carbocycles. The predicted molar refractivity (Wildman–Crippen MR) is 69.9 cm³/mol. The van der Waals surface area contributed by atoms with Crippen LogP contribution in [0.15, 0.2) is 18.2 Å². The van der Waals surface area contributed by atoms with Crippen LogP contribution in [0.5, 0.6) is 0 Å². The fourth-order valence-corrected chi connectivity index (χ4v) is 3.02. The lowest BCUT2D eigenvalue weighted by atomic mass is 10.1. The molecule has 1 unspecified atom stereocenters. The van der Waals surface area contributed by atoms with Crippen LogP contribution in [0.25, 0.3) is 0 Å². The molecular formula is C13H16N2S. The van der Waals surface area contributed by atoms with Crippen LogP contribution in [0.2, 0.25) is 0 Å². The maximum atomic E-state index is 9.04. The van der Waals surface area contributed by atoms with Crippen molar-refractivity contribution >= 4 is 17.4 Å². The van der Waals surface area contributed by atoms with Crippen LogP contribution < -0.4 is 5.32 Å². The first kappa shape index (κ1) is 11.3. The number of nitrogens with zero attached hydrogens (tertiary/aromatic N) is 1. The van der Waals surface area contributed by atoms with Gasteiger partial charge >= 0.3 is 0 Å². The molecule has 1 fully saturated rings. The van der Waals surface area contributed by atoms with Crippen molar-refractivity contribution in [2.45, 2.75) is 25.8 Å². The van der Waals surface area contributed by atoms with E-state index in [9.17, 15) is 0 Å². The summed E-state index contributed by atoms with van der Waals surface area (Å²) in [6.07, 6.45) is 2.49. The van der Waals surface area contributed by atoms with Crippen LogP contribution in [-0.2, 0) is 0 Å². The van der Waals surface area contributed by atoms with Crippen molar-refractivity contribution in [2.75, 3.05) is 16.8 Å². The van der Waals surface area contributed by atoms with Gasteiger partial charge in [0.1, 0.15) is 6.07 Å². The summed E-state index contributed by atoms with van der Waals surface area (Å²) in [5, 5.41) is 12.5. The van der Waals surface area contributed by atoms with Gasteiger partial charge in [0.25, 0.3) is 0 Å². The van der Waals surface area contributed by atoms with Crippen LogP contribution in [0.3, 0.4) is 0 Å². The number of hydrogen-bond donors (Lipinski definition) is 1. The Balaban J connectivity index is 2.13. The molecule has 0 aliphatic carbocycles. The average molecular weight is 232 g/mol. The highest BCUT2D eigenvalue weighted by Crippen LogP contribution is 2.23. The maximum Gasteiger partial charge on any atom is 0.101 e. The second-order valence-electron chi connectivity index (χ2n) is 4.22. The number of nitriles is 1. The number of aryl methyl sites for hydroxylation is 1. The van der Waals surface area contributed by atoms with Crippen LogP contribution in [0, 0.1) is 18.3 Å². The summed E-state index contributed by atoms with van der Waals surface area (Å²) < 4.78 is 0. The van der Waals surface area contributed by atoms with E-state index in [1.54, 1.807) is 0 Å². The molecule has 84 valence electrons. The van der Waals surface area contributed by atoms with Crippen LogP contribution >= 0.6 is 11.8 Å². The first-order valence-corrected chi connectivity index (χ1v) is 6.80. The molecular weight excluding hydrogens is 216 g/mol. The first-order valence-electron chi connectivity index (χ1n) is 5.64. The Hall–Kier alpha value is -1.14. The lowest BCUT2D eigenvalue weighted by Crippen LogP contribution is -2.26. The molecule has 16 heavy (non-hydrogen) atoms. The molecule has 2 nitrogen and oxygen atoms in total. The van der Waals surface area contributed by atoms with Gasteiger partial charge in [0.15, 0.2) is 0 Å². The summed E-state index contributed by atoms with van der Waals surface area (Å²) >= 11 is 1.99. The zero-order chi connectivity index (χ0) is 11.4. The van der Waals surface area contributed by atoms with Crippen molar-refractivity contribution in [3.63, 3.8) is 0 Å². The largest absolute Gasteiger partial charge is 0.380 e. The minimum absolute atomic E-state index is 0.521. The molecule has 2 rings (SSSR count). The van der Waals surface area contributed by atoms with E-state index in [1.165, 1.54) is 24.2 Å². The van der Waals surface area contributed by atoms with Crippen molar-refractivity contribution < 1.29 is 0 Å². The third-order valence-corrected chi connectivity index (χ3v) is 4.03. The summed E-state index contributed by atoms with van der Waals surface area (Å²) in [7, 11) is 0. The quantitative estimate of drug-likeness (QED) is 0.850. The molecule has 1 N–H and O–H groups in total. The van der Waals surface area contributed by atoms with Gasteiger partial charge < -0.3 is 5.32 Å². The fourth-order valence-electron chi connectivity index (χ4n) is 1.95. The van der Waals surface area contributed by atoms with Gasteiger partial charge in [-0.05, 0) is 43.2 Å². The third-order valence-electron chi connectivity index (χ3n) is 2.82. The molecule has 1 aromatic rings. The summed E-state index contributed by atoms with van der Waals surface area (Å²) in [6, 6.07) is 8.71. The van der Waals surface area contributed by atoms with E-state index in [0.717, 1.165) is 17.0 Å². The summed E-state index contributed by atoms with van der Waals surface area (Å²) in [6.45, 7) is 2.06. The second kappa shape index (κ2) is 5.27. The first-order chi connectivity index (χ1) is 7.79. The highest BCUT2D eigenvalue weighted by molar-refractivity contribution is 7.99. The van der Waals surface area contributed by atoms with Crippen LogP contribution in [0.4, 0.5) is 5.69 Å². The third kappa shape index (κ3) is 2.70. The van der Waals surface area contributed by atoms with E-state index in [-0.39, 0.29) is 0 Å². The molecule has 1 heterocycles. The highest BCUT2D eigenvalue weighted by Gasteiger charge is 2.14. The predicted octanol–water partition coefficient (Wildman–Crippen LogP) is 3.17. The minimum Gasteiger partial charge on any atom is -0.380 e. The molecule has 0 spiro atoms. The number of hydrogen-bond acceptors (Lipinski definition) is 3. The molecule has 3 heteroatoms. The van der Waals surface area contributed by atoms with E-state index >= 15 is 0 Å². The maximum absolute atomic E-state index is 9.04. The van der Waals surface area contributed by atoms with Crippen molar-refractivity contribution in [1.82, 2.24) is 0 Å². The normalized spacial score (nSPS) is 20.1. The Morgan fingerprint density at radius 1 is 1.50 bits per heavy atom. The minimum atomic E-state index is 0.521. The SMILES string of the molecule is Cc1ccc(C#N)c(NC2CCCSC2)c1. The summed E-state index contributed by atoms with van der Waals surface area (Å²) in [5.41, 5.74) is 2.95. The molecule has 0 aromatic heterocycles. The Morgan fingerprint density at radius 3 is 3.06 bits per heavy atom. The van der Waals surface area contributed by atoms with Crippen LogP contribution in [0.1, 0.15) is 24.0 Å². The van der Waals surface area contributed by atoms with Gasteiger partial charge in [-0.1, -0.05) is 6.07 Å². The van der Waals surface area contributed by atoms with Gasteiger partial charge in [0, 0.05) is 11.8 Å². The Morgan fingerprint density at radius 2 is 2.38 bits per heavy atom. The Kier molecular flexibility index (Phi) is 3.74. The Bertz CT molecular complexity index is 403. The van der Waals surface area contributed by atoms with Crippen molar-refractivity contribution in [3.05, 3.63) is 29.3 Å². The topological polar surface area (TPSA) is 35.8 Å². The zero-order valence-electron chi connectivity index (χ0n) is 9.49. The van der Waals surface area contributed by atoms with E-state index in [0.29, 0.717) is 6.04 Å². The molecule has 0 saturated carbocycles. The smallest absolute Gasteiger partial charge is 0.101 e. The van der Waals surface area contributed by atoms with Gasteiger partial charge in [-0.25, -0.2) is 0 Å². The molecule has 0 amide bonds. The van der Waals surface area contributed by atoms with Crippen molar-refractivity contribution in [3.8, 4) is 6.07 Å². The lowest BCUT2D eigenvalue weighted by Gasteiger charge is -2.24. The fraction of sp³-hybridized carbons (Fsp3) is 0.462.